The van der Waals surface area contributed by atoms with E-state index in [-0.39, 0.29) is 23.9 Å². The van der Waals surface area contributed by atoms with E-state index < -0.39 is 16.0 Å². The Labute approximate surface area is 99.3 Å². The molecule has 3 N–H and O–H groups in total. The molecular formula is C9H15N3O4S. The summed E-state index contributed by atoms with van der Waals surface area (Å²) in [5, 5.41) is 8.52. The summed E-state index contributed by atoms with van der Waals surface area (Å²) in [7, 11) is -3.63. The molecule has 1 atom stereocenters. The standard InChI is InChI=1S/C9H15N3O4S/c1-6(3-9(13)14)4-11-17(15,16)8-5-10-7(2)12-8/h5-6,11H,3-4H2,1-2H3,(H,10,12)(H,13,14). The highest BCUT2D eigenvalue weighted by Crippen LogP contribution is 2.06. The average Bonchev–Trinajstić information content (AvgIpc) is 2.62. The van der Waals surface area contributed by atoms with Gasteiger partial charge in [-0.2, -0.15) is 0 Å². The van der Waals surface area contributed by atoms with Gasteiger partial charge in [-0.1, -0.05) is 6.92 Å². The molecule has 0 saturated carbocycles. The molecule has 0 saturated heterocycles. The molecule has 0 spiro atoms. The zero-order chi connectivity index (χ0) is 13.1. The number of nitrogens with zero attached hydrogens (tertiary/aromatic N) is 1. The van der Waals surface area contributed by atoms with E-state index in [1.54, 1.807) is 13.8 Å². The number of hydrogen-bond acceptors (Lipinski definition) is 4. The summed E-state index contributed by atoms with van der Waals surface area (Å²) in [6.45, 7) is 3.38. The molecule has 0 aliphatic carbocycles. The summed E-state index contributed by atoms with van der Waals surface area (Å²) >= 11 is 0. The van der Waals surface area contributed by atoms with Crippen molar-refractivity contribution in [2.45, 2.75) is 25.3 Å². The van der Waals surface area contributed by atoms with Gasteiger partial charge in [-0.3, -0.25) is 4.79 Å². The van der Waals surface area contributed by atoms with Crippen molar-refractivity contribution in [1.29, 1.82) is 0 Å². The number of hydrogen-bond donors (Lipinski definition) is 3. The number of imidazole rings is 1. The van der Waals surface area contributed by atoms with E-state index in [4.69, 9.17) is 5.11 Å². The molecule has 7 nitrogen and oxygen atoms in total. The lowest BCUT2D eigenvalue weighted by Crippen LogP contribution is -2.29. The molecule has 0 radical (unpaired) electrons. The van der Waals surface area contributed by atoms with Gasteiger partial charge in [-0.05, 0) is 12.8 Å². The topological polar surface area (TPSA) is 112 Å². The number of rotatable bonds is 6. The highest BCUT2D eigenvalue weighted by molar-refractivity contribution is 7.89. The Morgan fingerprint density at radius 2 is 2.29 bits per heavy atom. The Bertz CT molecular complexity index is 494. The number of aryl methyl sites for hydroxylation is 1. The van der Waals surface area contributed by atoms with Gasteiger partial charge in [0.1, 0.15) is 5.82 Å². The van der Waals surface area contributed by atoms with Crippen LogP contribution in [-0.2, 0) is 14.8 Å². The predicted molar refractivity (Wildman–Crippen MR) is 59.9 cm³/mol. The molecule has 8 heteroatoms. The third kappa shape index (κ3) is 4.16. The van der Waals surface area contributed by atoms with Gasteiger partial charge in [0.25, 0.3) is 10.0 Å². The quantitative estimate of drug-likeness (QED) is 0.672. The van der Waals surface area contributed by atoms with Crippen LogP contribution in [0.4, 0.5) is 0 Å². The molecule has 1 aromatic rings. The maximum atomic E-state index is 11.7. The van der Waals surface area contributed by atoms with Crippen LogP contribution in [0.1, 0.15) is 19.2 Å². The minimum absolute atomic E-state index is 0.0162. The van der Waals surface area contributed by atoms with E-state index in [0.717, 1.165) is 0 Å². The summed E-state index contributed by atoms with van der Waals surface area (Å²) in [5.74, 6) is -0.718. The van der Waals surface area contributed by atoms with E-state index in [1.807, 2.05) is 0 Å². The van der Waals surface area contributed by atoms with Crippen molar-refractivity contribution in [2.75, 3.05) is 6.54 Å². The molecule has 0 fully saturated rings. The number of nitrogens with one attached hydrogen (secondary N) is 2. The lowest BCUT2D eigenvalue weighted by Gasteiger charge is -2.09. The van der Waals surface area contributed by atoms with Gasteiger partial charge in [0.15, 0.2) is 5.03 Å². The normalized spacial score (nSPS) is 13.5. The summed E-state index contributed by atoms with van der Waals surface area (Å²) < 4.78 is 25.7. The summed E-state index contributed by atoms with van der Waals surface area (Å²) in [6.07, 6.45) is 1.14. The van der Waals surface area contributed by atoms with E-state index in [2.05, 4.69) is 14.7 Å². The van der Waals surface area contributed by atoms with Gasteiger partial charge < -0.3 is 10.1 Å². The summed E-state index contributed by atoms with van der Waals surface area (Å²) in [5.41, 5.74) is 0. The van der Waals surface area contributed by atoms with Crippen molar-refractivity contribution < 1.29 is 18.3 Å². The first-order valence-corrected chi connectivity index (χ1v) is 6.52. The fraction of sp³-hybridized carbons (Fsp3) is 0.556. The van der Waals surface area contributed by atoms with Gasteiger partial charge in [0.2, 0.25) is 0 Å². The first kappa shape index (κ1) is 13.7. The average molecular weight is 261 g/mol. The van der Waals surface area contributed by atoms with Crippen LogP contribution >= 0.6 is 0 Å². The lowest BCUT2D eigenvalue weighted by molar-refractivity contribution is -0.137. The van der Waals surface area contributed by atoms with Crippen molar-refractivity contribution in [3.63, 3.8) is 0 Å². The Morgan fingerprint density at radius 1 is 1.65 bits per heavy atom. The fourth-order valence-corrected chi connectivity index (χ4v) is 2.37. The fourth-order valence-electron chi connectivity index (χ4n) is 1.23. The third-order valence-corrected chi connectivity index (χ3v) is 3.45. The van der Waals surface area contributed by atoms with Gasteiger partial charge >= 0.3 is 5.97 Å². The van der Waals surface area contributed by atoms with Crippen molar-refractivity contribution in [3.05, 3.63) is 12.0 Å². The Morgan fingerprint density at radius 3 is 2.76 bits per heavy atom. The first-order valence-electron chi connectivity index (χ1n) is 5.04. The van der Waals surface area contributed by atoms with Crippen molar-refractivity contribution in [1.82, 2.24) is 14.7 Å². The number of aliphatic carboxylic acids is 1. The molecule has 0 aliphatic heterocycles. The second-order valence-electron chi connectivity index (χ2n) is 3.89. The lowest BCUT2D eigenvalue weighted by atomic mass is 10.1. The minimum Gasteiger partial charge on any atom is -0.481 e. The maximum Gasteiger partial charge on any atom is 0.303 e. The number of carbonyl (C=O) groups is 1. The van der Waals surface area contributed by atoms with Gasteiger partial charge in [0.05, 0.1) is 6.20 Å². The summed E-state index contributed by atoms with van der Waals surface area (Å²) in [6, 6.07) is 0. The van der Waals surface area contributed by atoms with Crippen LogP contribution in [0.5, 0.6) is 0 Å². The SMILES string of the molecule is Cc1ncc(S(=O)(=O)NCC(C)CC(=O)O)[nH]1. The molecule has 17 heavy (non-hydrogen) atoms. The van der Waals surface area contributed by atoms with Crippen molar-refractivity contribution >= 4 is 16.0 Å². The van der Waals surface area contributed by atoms with E-state index in [0.29, 0.717) is 5.82 Å². The number of aromatic amines is 1. The first-order chi connectivity index (χ1) is 7.81. The molecule has 0 aliphatic rings. The highest BCUT2D eigenvalue weighted by atomic mass is 32.2. The van der Waals surface area contributed by atoms with Gasteiger partial charge in [-0.15, -0.1) is 0 Å². The number of carboxylic acids is 1. The molecule has 0 amide bonds. The second kappa shape index (κ2) is 5.28. The Hall–Kier alpha value is -1.41. The molecule has 0 aromatic carbocycles. The van der Waals surface area contributed by atoms with E-state index in [1.165, 1.54) is 6.20 Å². The number of sulfonamides is 1. The molecule has 96 valence electrons. The second-order valence-corrected chi connectivity index (χ2v) is 5.62. The van der Waals surface area contributed by atoms with Crippen LogP contribution in [0, 0.1) is 12.8 Å². The van der Waals surface area contributed by atoms with Crippen LogP contribution in [0.15, 0.2) is 11.2 Å². The number of H-pyrrole nitrogens is 1. The zero-order valence-electron chi connectivity index (χ0n) is 9.60. The maximum absolute atomic E-state index is 11.7. The molecule has 0 bridgehead atoms. The molecule has 1 rings (SSSR count). The molecule has 1 heterocycles. The molecule has 1 unspecified atom stereocenters. The highest BCUT2D eigenvalue weighted by Gasteiger charge is 2.18. The Balaban J connectivity index is 2.59. The molecule has 1 aromatic heterocycles. The van der Waals surface area contributed by atoms with Crippen molar-refractivity contribution in [3.8, 4) is 0 Å². The molecular weight excluding hydrogens is 246 g/mol. The van der Waals surface area contributed by atoms with Crippen LogP contribution < -0.4 is 4.72 Å². The van der Waals surface area contributed by atoms with Crippen LogP contribution in [0.2, 0.25) is 0 Å². The number of carboxylic acid groups (broad SMARTS) is 1. The Kier molecular flexibility index (Phi) is 4.24. The summed E-state index contributed by atoms with van der Waals surface area (Å²) in [4.78, 5) is 16.8. The van der Waals surface area contributed by atoms with Gasteiger partial charge in [0, 0.05) is 13.0 Å². The van der Waals surface area contributed by atoms with Crippen LogP contribution in [-0.4, -0.2) is 36.0 Å². The smallest absolute Gasteiger partial charge is 0.303 e. The van der Waals surface area contributed by atoms with Crippen molar-refractivity contribution in [2.24, 2.45) is 5.92 Å². The monoisotopic (exact) mass is 261 g/mol. The predicted octanol–water partition coefficient (Wildman–Crippen LogP) is 0.107. The third-order valence-electron chi connectivity index (χ3n) is 2.11. The van der Waals surface area contributed by atoms with Crippen LogP contribution in [0.25, 0.3) is 0 Å². The van der Waals surface area contributed by atoms with Gasteiger partial charge in [-0.25, -0.2) is 18.1 Å². The minimum atomic E-state index is -3.63. The van der Waals surface area contributed by atoms with E-state index in [9.17, 15) is 13.2 Å². The zero-order valence-corrected chi connectivity index (χ0v) is 10.4. The van der Waals surface area contributed by atoms with Crippen LogP contribution in [0.3, 0.4) is 0 Å². The number of aromatic nitrogens is 2. The van der Waals surface area contributed by atoms with E-state index >= 15 is 0 Å². The largest absolute Gasteiger partial charge is 0.481 e.